The Kier molecular flexibility index (Phi) is 5.49. The van der Waals surface area contributed by atoms with Crippen molar-refractivity contribution in [2.45, 2.75) is 32.6 Å². The number of allylic oxidation sites excluding steroid dienone is 3. The number of nitriles is 1. The molecule has 0 saturated heterocycles. The maximum Gasteiger partial charge on any atom is 0.162 e. The molecule has 5 nitrogen and oxygen atoms in total. The van der Waals surface area contributed by atoms with Gasteiger partial charge in [0.1, 0.15) is 17.5 Å². The van der Waals surface area contributed by atoms with Gasteiger partial charge in [-0.25, -0.2) is 9.37 Å². The minimum atomic E-state index is -0.664. The van der Waals surface area contributed by atoms with Gasteiger partial charge in [0.2, 0.25) is 0 Å². The number of halogens is 2. The smallest absolute Gasteiger partial charge is 0.162 e. The molecule has 3 heterocycles. The first-order valence-corrected chi connectivity index (χ1v) is 11.8. The molecule has 0 N–H and O–H groups in total. The first-order valence-electron chi connectivity index (χ1n) is 11.0. The molecule has 0 spiro atoms. The Morgan fingerprint density at radius 3 is 2.56 bits per heavy atom. The molecule has 0 fully saturated rings. The maximum absolute atomic E-state index is 14.3. The first-order chi connectivity index (χ1) is 16.3. The van der Waals surface area contributed by atoms with Crippen molar-refractivity contribution in [2.75, 3.05) is 4.90 Å². The monoisotopic (exact) mass is 516 g/mol. The molecule has 1 aromatic carbocycles. The van der Waals surface area contributed by atoms with E-state index in [4.69, 9.17) is 0 Å². The molecule has 1 atom stereocenters. The third kappa shape index (κ3) is 3.78. The number of ketones is 1. The van der Waals surface area contributed by atoms with Crippen molar-refractivity contribution in [1.29, 1.82) is 5.26 Å². The van der Waals surface area contributed by atoms with E-state index in [0.717, 1.165) is 10.2 Å². The highest BCUT2D eigenvalue weighted by atomic mass is 79.9. The van der Waals surface area contributed by atoms with Crippen molar-refractivity contribution in [3.05, 3.63) is 99.8 Å². The number of nitrogens with zero attached hydrogens (tertiary/aromatic N) is 4. The molecule has 0 unspecified atom stereocenters. The SMILES string of the molecule is CC1(C)CC(=O)C2=C(C1)N(c1ccc(Br)cn1)C(n1cccc1)=C(C#N)[C@@H]2c1cccc(F)c1. The average Bonchev–Trinajstić information content (AvgIpc) is 3.32. The second kappa shape index (κ2) is 8.37. The third-order valence-corrected chi connectivity index (χ3v) is 6.76. The van der Waals surface area contributed by atoms with Crippen LogP contribution in [0.25, 0.3) is 5.82 Å². The van der Waals surface area contributed by atoms with Crippen molar-refractivity contribution in [1.82, 2.24) is 9.55 Å². The number of aromatic nitrogens is 2. The number of anilines is 1. The van der Waals surface area contributed by atoms with Crippen molar-refractivity contribution < 1.29 is 9.18 Å². The Morgan fingerprint density at radius 1 is 1.15 bits per heavy atom. The fraction of sp³-hybridized carbons (Fsp3) is 0.222. The number of carbonyl (C=O) groups is 1. The Bertz CT molecular complexity index is 1380. The summed E-state index contributed by atoms with van der Waals surface area (Å²) in [5, 5.41) is 10.4. The van der Waals surface area contributed by atoms with E-state index in [-0.39, 0.29) is 11.2 Å². The third-order valence-electron chi connectivity index (χ3n) is 6.29. The summed E-state index contributed by atoms with van der Waals surface area (Å²) in [4.78, 5) is 20.2. The van der Waals surface area contributed by atoms with Crippen LogP contribution < -0.4 is 4.90 Å². The molecule has 7 heteroatoms. The van der Waals surface area contributed by atoms with Crippen LogP contribution in [0.2, 0.25) is 0 Å². The van der Waals surface area contributed by atoms with E-state index < -0.39 is 11.7 Å². The number of pyridine rings is 1. The highest BCUT2D eigenvalue weighted by molar-refractivity contribution is 9.10. The second-order valence-corrected chi connectivity index (χ2v) is 10.3. The molecule has 1 aliphatic carbocycles. The lowest BCUT2D eigenvalue weighted by molar-refractivity contribution is -0.118. The van der Waals surface area contributed by atoms with Gasteiger partial charge in [-0.15, -0.1) is 0 Å². The van der Waals surface area contributed by atoms with Crippen LogP contribution in [0.1, 0.15) is 38.2 Å². The number of Topliss-reactive ketones (excluding diaryl/α,β-unsaturated/α-hetero) is 1. The molecule has 0 radical (unpaired) electrons. The maximum atomic E-state index is 14.3. The van der Waals surface area contributed by atoms with Gasteiger partial charge < -0.3 is 4.57 Å². The quantitative estimate of drug-likeness (QED) is 0.402. The van der Waals surface area contributed by atoms with Gasteiger partial charge in [-0.1, -0.05) is 26.0 Å². The van der Waals surface area contributed by atoms with Gasteiger partial charge in [-0.3, -0.25) is 9.69 Å². The highest BCUT2D eigenvalue weighted by Gasteiger charge is 2.45. The van der Waals surface area contributed by atoms with Gasteiger partial charge >= 0.3 is 0 Å². The normalized spacial score (nSPS) is 19.8. The molecular weight excluding hydrogens is 495 g/mol. The lowest BCUT2D eigenvalue weighted by Crippen LogP contribution is -2.40. The van der Waals surface area contributed by atoms with Gasteiger partial charge in [-0.05, 0) is 69.7 Å². The van der Waals surface area contributed by atoms with Gasteiger partial charge in [0.25, 0.3) is 0 Å². The zero-order valence-corrected chi connectivity index (χ0v) is 20.4. The molecular formula is C27H22BrFN4O. The first kappa shape index (κ1) is 22.3. The van der Waals surface area contributed by atoms with Crippen LogP contribution in [0.4, 0.5) is 10.2 Å². The molecule has 170 valence electrons. The molecule has 2 aromatic heterocycles. The number of benzene rings is 1. The van der Waals surface area contributed by atoms with E-state index >= 15 is 0 Å². The second-order valence-electron chi connectivity index (χ2n) is 9.40. The topological polar surface area (TPSA) is 61.9 Å². The van der Waals surface area contributed by atoms with Crippen LogP contribution in [-0.4, -0.2) is 15.3 Å². The summed E-state index contributed by atoms with van der Waals surface area (Å²) < 4.78 is 17.0. The fourth-order valence-electron chi connectivity index (χ4n) is 4.96. The van der Waals surface area contributed by atoms with Gasteiger partial charge in [0.05, 0.1) is 17.6 Å². The molecule has 0 saturated carbocycles. The van der Waals surface area contributed by atoms with Crippen LogP contribution in [0, 0.1) is 22.6 Å². The lowest BCUT2D eigenvalue weighted by atomic mass is 9.68. The molecule has 0 bridgehead atoms. The summed E-state index contributed by atoms with van der Waals surface area (Å²) >= 11 is 3.44. The van der Waals surface area contributed by atoms with Crippen molar-refractivity contribution in [3.63, 3.8) is 0 Å². The predicted molar refractivity (Wildman–Crippen MR) is 132 cm³/mol. The number of carbonyl (C=O) groups excluding carboxylic acids is 1. The van der Waals surface area contributed by atoms with Gasteiger partial charge in [-0.2, -0.15) is 5.26 Å². The lowest BCUT2D eigenvalue weighted by Gasteiger charge is -2.44. The van der Waals surface area contributed by atoms with Crippen molar-refractivity contribution in [3.8, 4) is 6.07 Å². The molecule has 2 aliphatic rings. The summed E-state index contributed by atoms with van der Waals surface area (Å²) in [5.41, 5.74) is 2.03. The molecule has 3 aromatic rings. The van der Waals surface area contributed by atoms with E-state index in [1.54, 1.807) is 18.3 Å². The number of rotatable bonds is 3. The summed E-state index contributed by atoms with van der Waals surface area (Å²) in [7, 11) is 0. The molecule has 0 amide bonds. The van der Waals surface area contributed by atoms with E-state index in [1.165, 1.54) is 12.1 Å². The minimum absolute atomic E-state index is 0.0260. The van der Waals surface area contributed by atoms with Crippen LogP contribution in [0.15, 0.2) is 88.4 Å². The molecule has 5 rings (SSSR count). The zero-order chi connectivity index (χ0) is 24.0. The van der Waals surface area contributed by atoms with Crippen molar-refractivity contribution >= 4 is 33.4 Å². The van der Waals surface area contributed by atoms with E-state index in [2.05, 4.69) is 40.8 Å². The van der Waals surface area contributed by atoms with Crippen molar-refractivity contribution in [2.24, 2.45) is 5.41 Å². The van der Waals surface area contributed by atoms with E-state index in [0.29, 0.717) is 41.2 Å². The summed E-state index contributed by atoms with van der Waals surface area (Å²) in [6.45, 7) is 4.13. The van der Waals surface area contributed by atoms with Crippen LogP contribution in [0.5, 0.6) is 0 Å². The van der Waals surface area contributed by atoms with E-state index in [1.807, 2.05) is 46.1 Å². The summed E-state index contributed by atoms with van der Waals surface area (Å²) in [5.74, 6) is 0.113. The van der Waals surface area contributed by atoms with Gasteiger partial charge in [0.15, 0.2) is 5.78 Å². The Labute approximate surface area is 206 Å². The molecule has 34 heavy (non-hydrogen) atoms. The predicted octanol–water partition coefficient (Wildman–Crippen LogP) is 6.42. The summed E-state index contributed by atoms with van der Waals surface area (Å²) in [6, 6.07) is 16.1. The largest absolute Gasteiger partial charge is 0.309 e. The van der Waals surface area contributed by atoms with Crippen LogP contribution in [-0.2, 0) is 4.79 Å². The number of hydrogen-bond acceptors (Lipinski definition) is 4. The Balaban J connectivity index is 1.87. The summed E-state index contributed by atoms with van der Waals surface area (Å²) in [6.07, 6.45) is 6.40. The standard InChI is InChI=1S/C27H22BrFN4O/c1-27(2)13-21-25(22(34)14-27)24(17-6-5-7-19(29)12-17)20(15-30)26(32-10-3-4-11-32)33(21)23-9-8-18(28)16-31-23/h3-12,16,24H,13-14H2,1-2H3/t24-/m0/s1. The van der Waals surface area contributed by atoms with Gasteiger partial charge in [0, 0.05) is 40.8 Å². The highest BCUT2D eigenvalue weighted by Crippen LogP contribution is 2.51. The Hall–Kier alpha value is -3.50. The zero-order valence-electron chi connectivity index (χ0n) is 18.8. The van der Waals surface area contributed by atoms with E-state index in [9.17, 15) is 14.4 Å². The van der Waals surface area contributed by atoms with Crippen LogP contribution >= 0.6 is 15.9 Å². The number of hydrogen-bond donors (Lipinski definition) is 0. The average molecular weight is 517 g/mol. The fourth-order valence-corrected chi connectivity index (χ4v) is 5.20. The Morgan fingerprint density at radius 2 is 1.91 bits per heavy atom. The minimum Gasteiger partial charge on any atom is -0.309 e. The van der Waals surface area contributed by atoms with Crippen LogP contribution in [0.3, 0.4) is 0 Å². The molecule has 1 aliphatic heterocycles.